The number of unbranched alkanes of at least 4 members (excludes halogenated alkanes) is 1. The van der Waals surface area contributed by atoms with Crippen LogP contribution in [0.5, 0.6) is 5.75 Å². The van der Waals surface area contributed by atoms with Gasteiger partial charge in [-0.3, -0.25) is 14.4 Å². The summed E-state index contributed by atoms with van der Waals surface area (Å²) in [5.74, 6) is -0.957. The molecule has 7 heteroatoms. The number of nitrogens with two attached hydrogens (primary N) is 1. The Hall–Kier alpha value is -3.35. The molecule has 0 bridgehead atoms. The van der Waals surface area contributed by atoms with Crippen LogP contribution >= 0.6 is 0 Å². The van der Waals surface area contributed by atoms with Crippen molar-refractivity contribution in [2.24, 2.45) is 11.7 Å². The minimum Gasteiger partial charge on any atom is -0.493 e. The molecule has 2 aromatic rings. The highest BCUT2D eigenvalue weighted by Crippen LogP contribution is 2.29. The van der Waals surface area contributed by atoms with E-state index in [2.05, 4.69) is 51.1 Å². The van der Waals surface area contributed by atoms with Crippen molar-refractivity contribution in [3.05, 3.63) is 53.1 Å². The Bertz CT molecular complexity index is 1030. The van der Waals surface area contributed by atoms with Gasteiger partial charge in [-0.1, -0.05) is 37.6 Å². The van der Waals surface area contributed by atoms with Crippen molar-refractivity contribution in [2.75, 3.05) is 13.2 Å². The summed E-state index contributed by atoms with van der Waals surface area (Å²) in [7, 11) is 0. The lowest BCUT2D eigenvalue weighted by Crippen LogP contribution is -2.34. The summed E-state index contributed by atoms with van der Waals surface area (Å²) < 4.78 is 16.4. The third-order valence-corrected chi connectivity index (χ3v) is 6.14. The fourth-order valence-corrected chi connectivity index (χ4v) is 4.13. The second kappa shape index (κ2) is 14.3. The van der Waals surface area contributed by atoms with Crippen LogP contribution in [0.3, 0.4) is 0 Å². The number of hydrogen-bond acceptors (Lipinski definition) is 6. The van der Waals surface area contributed by atoms with Crippen LogP contribution in [0, 0.1) is 19.8 Å². The van der Waals surface area contributed by atoms with Crippen molar-refractivity contribution in [1.29, 1.82) is 0 Å². The number of rotatable bonds is 14. The number of carbonyl (C=O) groups is 3. The highest BCUT2D eigenvalue weighted by Gasteiger charge is 2.27. The molecule has 196 valence electrons. The maximum atomic E-state index is 11.6. The fourth-order valence-electron chi connectivity index (χ4n) is 4.13. The predicted molar refractivity (Wildman–Crippen MR) is 140 cm³/mol. The zero-order chi connectivity index (χ0) is 26.7. The van der Waals surface area contributed by atoms with Gasteiger partial charge in [0.25, 0.3) is 0 Å². The number of benzene rings is 2. The van der Waals surface area contributed by atoms with Gasteiger partial charge in [-0.2, -0.15) is 0 Å². The van der Waals surface area contributed by atoms with E-state index in [9.17, 15) is 14.4 Å². The van der Waals surface area contributed by atoms with Crippen LogP contribution in [0.1, 0.15) is 63.1 Å². The van der Waals surface area contributed by atoms with Crippen molar-refractivity contribution < 1.29 is 28.6 Å². The van der Waals surface area contributed by atoms with Crippen LogP contribution < -0.4 is 10.5 Å². The van der Waals surface area contributed by atoms with Crippen LogP contribution in [-0.2, 0) is 30.3 Å². The zero-order valence-corrected chi connectivity index (χ0v) is 22.1. The summed E-state index contributed by atoms with van der Waals surface area (Å²) in [6.07, 6.45) is 2.48. The molecule has 1 amide bonds. The lowest BCUT2D eigenvalue weighted by atomic mass is 9.90. The first kappa shape index (κ1) is 28.9. The van der Waals surface area contributed by atoms with Gasteiger partial charge in [0, 0.05) is 19.8 Å². The van der Waals surface area contributed by atoms with E-state index in [1.807, 2.05) is 6.07 Å². The van der Waals surface area contributed by atoms with E-state index in [1.54, 1.807) is 0 Å². The highest BCUT2D eigenvalue weighted by atomic mass is 16.6. The minimum atomic E-state index is -0.750. The topological polar surface area (TPSA) is 105 Å². The maximum Gasteiger partial charge on any atom is 0.302 e. The van der Waals surface area contributed by atoms with E-state index in [0.717, 1.165) is 53.0 Å². The Morgan fingerprint density at radius 1 is 0.944 bits per heavy atom. The molecule has 2 aromatic carbocycles. The van der Waals surface area contributed by atoms with E-state index < -0.39 is 23.9 Å². The average molecular weight is 498 g/mol. The number of hydrogen-bond donors (Lipinski definition) is 1. The first-order valence-electron chi connectivity index (χ1n) is 12.5. The second-order valence-corrected chi connectivity index (χ2v) is 9.24. The van der Waals surface area contributed by atoms with Gasteiger partial charge in [0.1, 0.15) is 11.9 Å². The van der Waals surface area contributed by atoms with Gasteiger partial charge in [0.05, 0.1) is 19.6 Å². The van der Waals surface area contributed by atoms with Gasteiger partial charge in [0.2, 0.25) is 5.91 Å². The molecule has 2 rings (SSSR count). The zero-order valence-electron chi connectivity index (χ0n) is 22.1. The summed E-state index contributed by atoms with van der Waals surface area (Å²) in [6.45, 7) is 9.63. The summed E-state index contributed by atoms with van der Waals surface area (Å²) >= 11 is 0. The molecular formula is C29H39NO6. The average Bonchev–Trinajstić information content (AvgIpc) is 2.79. The Labute approximate surface area is 214 Å². The van der Waals surface area contributed by atoms with Crippen LogP contribution in [0.15, 0.2) is 36.4 Å². The standard InChI is InChI=1S/C29H39NO6/c1-6-7-14-34-27-13-12-25(16-20(27)3)24-10-8-23(19(2)15-24)9-11-26(18-35-21(4)31)28(17-29(30)33)36-22(5)32/h8,10,12-13,15-16,26,28H,6-7,9,11,14,17-18H2,1-5H3,(H2,30,33). The van der Waals surface area contributed by atoms with Crippen molar-refractivity contribution in [2.45, 2.75) is 72.8 Å². The fraction of sp³-hybridized carbons (Fsp3) is 0.483. The first-order valence-corrected chi connectivity index (χ1v) is 12.5. The van der Waals surface area contributed by atoms with Crippen LogP contribution in [0.25, 0.3) is 11.1 Å². The SMILES string of the molecule is CCCCOc1ccc(-c2ccc(CCC(COC(C)=O)C(CC(N)=O)OC(C)=O)c(C)c2)cc1C. The summed E-state index contributed by atoms with van der Waals surface area (Å²) in [5, 5.41) is 0. The lowest BCUT2D eigenvalue weighted by Gasteiger charge is -2.26. The molecule has 7 nitrogen and oxygen atoms in total. The third-order valence-electron chi connectivity index (χ3n) is 6.14. The van der Waals surface area contributed by atoms with Gasteiger partial charge < -0.3 is 19.9 Å². The molecule has 0 radical (unpaired) electrons. The predicted octanol–water partition coefficient (Wildman–Crippen LogP) is 5.07. The number of amides is 1. The Morgan fingerprint density at radius 3 is 2.17 bits per heavy atom. The molecule has 0 saturated carbocycles. The number of primary amides is 1. The Morgan fingerprint density at radius 2 is 1.61 bits per heavy atom. The summed E-state index contributed by atoms with van der Waals surface area (Å²) in [4.78, 5) is 34.6. The monoisotopic (exact) mass is 497 g/mol. The molecule has 36 heavy (non-hydrogen) atoms. The third kappa shape index (κ3) is 9.36. The molecule has 0 spiro atoms. The molecular weight excluding hydrogens is 458 g/mol. The molecule has 2 unspecified atom stereocenters. The summed E-state index contributed by atoms with van der Waals surface area (Å²) in [6, 6.07) is 12.6. The van der Waals surface area contributed by atoms with Crippen molar-refractivity contribution >= 4 is 17.8 Å². The normalized spacial score (nSPS) is 12.5. The molecule has 2 atom stereocenters. The van der Waals surface area contributed by atoms with E-state index >= 15 is 0 Å². The van der Waals surface area contributed by atoms with Crippen LogP contribution in [0.4, 0.5) is 0 Å². The van der Waals surface area contributed by atoms with Gasteiger partial charge in [-0.05, 0) is 73.1 Å². The molecule has 0 aliphatic rings. The molecule has 2 N–H and O–H groups in total. The largest absolute Gasteiger partial charge is 0.493 e. The number of carbonyl (C=O) groups excluding carboxylic acids is 3. The van der Waals surface area contributed by atoms with Crippen LogP contribution in [0.2, 0.25) is 0 Å². The smallest absolute Gasteiger partial charge is 0.302 e. The minimum absolute atomic E-state index is 0.0453. The van der Waals surface area contributed by atoms with Gasteiger partial charge in [-0.15, -0.1) is 0 Å². The van der Waals surface area contributed by atoms with Crippen molar-refractivity contribution in [3.8, 4) is 16.9 Å². The quantitative estimate of drug-likeness (QED) is 0.289. The molecule has 0 aliphatic carbocycles. The number of ether oxygens (including phenoxy) is 3. The first-order chi connectivity index (χ1) is 17.1. The van der Waals surface area contributed by atoms with E-state index in [4.69, 9.17) is 19.9 Å². The number of aryl methyl sites for hydroxylation is 3. The Kier molecular flexibility index (Phi) is 11.4. The maximum absolute atomic E-state index is 11.6. The molecule has 0 heterocycles. The van der Waals surface area contributed by atoms with Crippen molar-refractivity contribution in [1.82, 2.24) is 0 Å². The van der Waals surface area contributed by atoms with E-state index in [-0.39, 0.29) is 18.9 Å². The molecule has 0 saturated heterocycles. The summed E-state index contributed by atoms with van der Waals surface area (Å²) in [5.41, 5.74) is 11.0. The second-order valence-electron chi connectivity index (χ2n) is 9.24. The lowest BCUT2D eigenvalue weighted by molar-refractivity contribution is -0.154. The van der Waals surface area contributed by atoms with Gasteiger partial charge in [-0.25, -0.2) is 0 Å². The van der Waals surface area contributed by atoms with Crippen LogP contribution in [-0.4, -0.2) is 37.2 Å². The molecule has 0 fully saturated rings. The van der Waals surface area contributed by atoms with E-state index in [0.29, 0.717) is 12.8 Å². The highest BCUT2D eigenvalue weighted by molar-refractivity contribution is 5.75. The number of esters is 2. The Balaban J connectivity index is 2.16. The van der Waals surface area contributed by atoms with Gasteiger partial charge in [0.15, 0.2) is 0 Å². The van der Waals surface area contributed by atoms with Crippen molar-refractivity contribution in [3.63, 3.8) is 0 Å². The van der Waals surface area contributed by atoms with E-state index in [1.165, 1.54) is 13.8 Å². The molecule has 0 aromatic heterocycles. The van der Waals surface area contributed by atoms with Gasteiger partial charge >= 0.3 is 11.9 Å². The molecule has 0 aliphatic heterocycles.